The van der Waals surface area contributed by atoms with E-state index in [1.54, 1.807) is 7.11 Å². The van der Waals surface area contributed by atoms with Gasteiger partial charge in [-0.2, -0.15) is 0 Å². The van der Waals surface area contributed by atoms with E-state index >= 15 is 0 Å². The van der Waals surface area contributed by atoms with Crippen molar-refractivity contribution in [2.75, 3.05) is 7.11 Å². The summed E-state index contributed by atoms with van der Waals surface area (Å²) in [6, 6.07) is 0. The van der Waals surface area contributed by atoms with Crippen LogP contribution in [-0.4, -0.2) is 13.2 Å². The molecule has 1 aliphatic rings. The third-order valence-electron chi connectivity index (χ3n) is 3.53. The van der Waals surface area contributed by atoms with Gasteiger partial charge in [-0.15, -0.1) is 0 Å². The Hall–Kier alpha value is -0.560. The van der Waals surface area contributed by atoms with Crippen LogP contribution < -0.4 is 0 Å². The maximum atomic E-state index is 5.24. The molecule has 0 saturated heterocycles. The molecule has 0 heterocycles. The van der Waals surface area contributed by atoms with E-state index < -0.39 is 0 Å². The monoisotopic (exact) mass is 208 g/mol. The van der Waals surface area contributed by atoms with E-state index in [9.17, 15) is 0 Å². The third kappa shape index (κ3) is 3.20. The number of ether oxygens (including phenoxy) is 1. The summed E-state index contributed by atoms with van der Waals surface area (Å²) in [5, 5.41) is 0. The summed E-state index contributed by atoms with van der Waals surface area (Å²) in [4.78, 5) is 0. The van der Waals surface area contributed by atoms with Crippen molar-refractivity contribution in [1.29, 1.82) is 0 Å². The second-order valence-corrected chi connectivity index (χ2v) is 5.28. The molecule has 1 nitrogen and oxygen atoms in total. The van der Waals surface area contributed by atoms with Gasteiger partial charge < -0.3 is 4.74 Å². The van der Waals surface area contributed by atoms with Crippen molar-refractivity contribution >= 4 is 0 Å². The molecule has 0 fully saturated rings. The van der Waals surface area contributed by atoms with Crippen LogP contribution in [0.2, 0.25) is 0 Å². The lowest BCUT2D eigenvalue weighted by Gasteiger charge is -2.36. The van der Waals surface area contributed by atoms with E-state index in [1.165, 1.54) is 18.4 Å². The van der Waals surface area contributed by atoms with Gasteiger partial charge in [-0.25, -0.2) is 0 Å². The van der Waals surface area contributed by atoms with Gasteiger partial charge in [-0.3, -0.25) is 0 Å². The van der Waals surface area contributed by atoms with Gasteiger partial charge >= 0.3 is 0 Å². The molecule has 15 heavy (non-hydrogen) atoms. The molecule has 0 bridgehead atoms. The second-order valence-electron chi connectivity index (χ2n) is 5.28. The van der Waals surface area contributed by atoms with E-state index in [4.69, 9.17) is 4.74 Å². The van der Waals surface area contributed by atoms with Crippen LogP contribution in [0, 0.1) is 11.3 Å². The van der Waals surface area contributed by atoms with Gasteiger partial charge in [-0.05, 0) is 32.1 Å². The van der Waals surface area contributed by atoms with Gasteiger partial charge in [0.05, 0.1) is 6.10 Å². The second kappa shape index (κ2) is 4.98. The molecule has 86 valence electrons. The standard InChI is InChI=1S/C14H24O/c1-11-7-6-10-14(3,4)13(11)9-8-12(2)15-5/h7-9,12-13H,6,10H2,1-5H3. The molecule has 0 aromatic carbocycles. The average molecular weight is 208 g/mol. The minimum Gasteiger partial charge on any atom is -0.378 e. The Morgan fingerprint density at radius 2 is 2.20 bits per heavy atom. The van der Waals surface area contributed by atoms with Crippen LogP contribution in [0.4, 0.5) is 0 Å². The van der Waals surface area contributed by atoms with Crippen molar-refractivity contribution in [2.24, 2.45) is 11.3 Å². The van der Waals surface area contributed by atoms with Gasteiger partial charge in [-0.1, -0.05) is 37.6 Å². The highest BCUT2D eigenvalue weighted by Gasteiger charge is 2.30. The molecule has 0 aromatic heterocycles. The van der Waals surface area contributed by atoms with Gasteiger partial charge in [0.25, 0.3) is 0 Å². The lowest BCUT2D eigenvalue weighted by atomic mass is 9.68. The lowest BCUT2D eigenvalue weighted by molar-refractivity contribution is 0.155. The first kappa shape index (κ1) is 12.5. The average Bonchev–Trinajstić information content (AvgIpc) is 2.15. The summed E-state index contributed by atoms with van der Waals surface area (Å²) in [6.45, 7) is 9.03. The molecule has 0 N–H and O–H groups in total. The molecule has 2 unspecified atom stereocenters. The Morgan fingerprint density at radius 1 is 1.53 bits per heavy atom. The summed E-state index contributed by atoms with van der Waals surface area (Å²) >= 11 is 0. The molecular weight excluding hydrogens is 184 g/mol. The quantitative estimate of drug-likeness (QED) is 0.638. The van der Waals surface area contributed by atoms with Crippen LogP contribution in [0.3, 0.4) is 0 Å². The van der Waals surface area contributed by atoms with Gasteiger partial charge in [0, 0.05) is 13.0 Å². The molecule has 2 atom stereocenters. The summed E-state index contributed by atoms with van der Waals surface area (Å²) < 4.78 is 5.24. The summed E-state index contributed by atoms with van der Waals surface area (Å²) in [7, 11) is 1.75. The highest BCUT2D eigenvalue weighted by Crippen LogP contribution is 2.41. The first-order valence-corrected chi connectivity index (χ1v) is 5.85. The maximum Gasteiger partial charge on any atom is 0.0724 e. The van der Waals surface area contributed by atoms with Crippen LogP contribution in [0.25, 0.3) is 0 Å². The van der Waals surface area contributed by atoms with Crippen LogP contribution in [0.15, 0.2) is 23.8 Å². The number of rotatable bonds is 3. The first-order valence-electron chi connectivity index (χ1n) is 5.85. The third-order valence-corrected chi connectivity index (χ3v) is 3.53. The zero-order valence-corrected chi connectivity index (χ0v) is 10.7. The van der Waals surface area contributed by atoms with Gasteiger partial charge in [0.1, 0.15) is 0 Å². The lowest BCUT2D eigenvalue weighted by Crippen LogP contribution is -2.26. The molecule has 0 spiro atoms. The minimum atomic E-state index is 0.218. The first-order chi connectivity index (χ1) is 6.97. The maximum absolute atomic E-state index is 5.24. The van der Waals surface area contributed by atoms with E-state index in [0.29, 0.717) is 11.3 Å². The Kier molecular flexibility index (Phi) is 4.15. The van der Waals surface area contributed by atoms with Crippen LogP contribution in [-0.2, 0) is 4.74 Å². The minimum absolute atomic E-state index is 0.218. The van der Waals surface area contributed by atoms with Crippen LogP contribution in [0.5, 0.6) is 0 Å². The fraction of sp³-hybridized carbons (Fsp3) is 0.714. The molecule has 1 rings (SSSR count). The zero-order chi connectivity index (χ0) is 11.5. The summed E-state index contributed by atoms with van der Waals surface area (Å²) in [5.74, 6) is 0.573. The van der Waals surface area contributed by atoms with Crippen molar-refractivity contribution in [2.45, 2.75) is 46.6 Å². The van der Waals surface area contributed by atoms with Crippen molar-refractivity contribution < 1.29 is 4.74 Å². The van der Waals surface area contributed by atoms with Crippen molar-refractivity contribution in [1.82, 2.24) is 0 Å². The Morgan fingerprint density at radius 3 is 2.73 bits per heavy atom. The van der Waals surface area contributed by atoms with E-state index in [0.717, 1.165) is 0 Å². The molecule has 0 amide bonds. The van der Waals surface area contributed by atoms with Crippen molar-refractivity contribution in [3.8, 4) is 0 Å². The highest BCUT2D eigenvalue weighted by atomic mass is 16.5. The number of allylic oxidation sites excluding steroid dienone is 3. The molecule has 0 radical (unpaired) electrons. The number of methoxy groups -OCH3 is 1. The molecular formula is C14H24O. The van der Waals surface area contributed by atoms with E-state index in [1.807, 2.05) is 0 Å². The van der Waals surface area contributed by atoms with Gasteiger partial charge in [0.2, 0.25) is 0 Å². The van der Waals surface area contributed by atoms with Gasteiger partial charge in [0.15, 0.2) is 0 Å². The molecule has 1 heteroatoms. The predicted molar refractivity (Wildman–Crippen MR) is 65.9 cm³/mol. The molecule has 0 saturated carbocycles. The SMILES string of the molecule is COC(C)C=CC1C(C)=CCCC1(C)C. The van der Waals surface area contributed by atoms with Crippen molar-refractivity contribution in [3.05, 3.63) is 23.8 Å². The molecule has 0 aromatic rings. The Bertz CT molecular complexity index is 261. The largest absolute Gasteiger partial charge is 0.378 e. The highest BCUT2D eigenvalue weighted by molar-refractivity contribution is 5.19. The van der Waals surface area contributed by atoms with E-state index in [-0.39, 0.29) is 6.10 Å². The van der Waals surface area contributed by atoms with Crippen LogP contribution >= 0.6 is 0 Å². The fourth-order valence-electron chi connectivity index (χ4n) is 2.33. The molecule has 1 aliphatic carbocycles. The number of hydrogen-bond donors (Lipinski definition) is 0. The Labute approximate surface area is 94.2 Å². The van der Waals surface area contributed by atoms with Crippen molar-refractivity contribution in [3.63, 3.8) is 0 Å². The smallest absolute Gasteiger partial charge is 0.0724 e. The Balaban J connectivity index is 2.76. The summed E-state index contributed by atoms with van der Waals surface area (Å²) in [5.41, 5.74) is 1.90. The topological polar surface area (TPSA) is 9.23 Å². The summed E-state index contributed by atoms with van der Waals surface area (Å²) in [6.07, 6.45) is 9.59. The zero-order valence-electron chi connectivity index (χ0n) is 10.7. The fourth-order valence-corrected chi connectivity index (χ4v) is 2.33. The molecule has 0 aliphatic heterocycles. The van der Waals surface area contributed by atoms with Crippen LogP contribution in [0.1, 0.15) is 40.5 Å². The normalized spacial score (nSPS) is 27.8. The van der Waals surface area contributed by atoms with E-state index in [2.05, 4.69) is 45.9 Å². The number of hydrogen-bond acceptors (Lipinski definition) is 1. The predicted octanol–water partition coefficient (Wildman–Crippen LogP) is 3.96.